The molecule has 0 unspecified atom stereocenters. The molecule has 1 amide bonds. The number of anilines is 1. The minimum absolute atomic E-state index is 0.0110. The molecule has 7 nitrogen and oxygen atoms in total. The minimum Gasteiger partial charge on any atom is -0.494 e. The van der Waals surface area contributed by atoms with Gasteiger partial charge in [-0.25, -0.2) is 9.37 Å². The third-order valence-electron chi connectivity index (χ3n) is 8.55. The summed E-state index contributed by atoms with van der Waals surface area (Å²) >= 11 is 0. The number of imidazole rings is 1. The number of aryl methyl sites for hydroxylation is 2. The van der Waals surface area contributed by atoms with Gasteiger partial charge in [0, 0.05) is 29.8 Å². The van der Waals surface area contributed by atoms with Crippen LogP contribution in [0.1, 0.15) is 81.2 Å². The van der Waals surface area contributed by atoms with Gasteiger partial charge in [0.05, 0.1) is 29.9 Å². The molecule has 2 aromatic heterocycles. The summed E-state index contributed by atoms with van der Waals surface area (Å²) in [5, 5.41) is 4.14. The Balaban J connectivity index is 1.50. The Bertz CT molecular complexity index is 1510. The monoisotopic (exact) mass is 530 g/mol. The molecule has 1 saturated heterocycles. The van der Waals surface area contributed by atoms with Crippen LogP contribution in [0.25, 0.3) is 22.2 Å². The van der Waals surface area contributed by atoms with Crippen molar-refractivity contribution in [3.63, 3.8) is 0 Å². The van der Waals surface area contributed by atoms with Crippen LogP contribution in [0.2, 0.25) is 0 Å². The molecule has 1 saturated carbocycles. The van der Waals surface area contributed by atoms with Crippen molar-refractivity contribution in [1.82, 2.24) is 14.7 Å². The van der Waals surface area contributed by atoms with Crippen LogP contribution < -0.4 is 9.64 Å². The van der Waals surface area contributed by atoms with E-state index in [-0.39, 0.29) is 17.7 Å². The fourth-order valence-corrected chi connectivity index (χ4v) is 6.53. The van der Waals surface area contributed by atoms with E-state index in [2.05, 4.69) is 34.8 Å². The van der Waals surface area contributed by atoms with Crippen molar-refractivity contribution in [1.29, 1.82) is 0 Å². The molecule has 2 aliphatic rings. The summed E-state index contributed by atoms with van der Waals surface area (Å²) in [4.78, 5) is 20.4. The number of aromatic nitrogens is 3. The molecule has 1 atom stereocenters. The predicted octanol–water partition coefficient (Wildman–Crippen LogP) is 7.47. The number of nitrogens with zero attached hydrogens (tertiary/aromatic N) is 4. The zero-order valence-electron chi connectivity index (χ0n) is 23.0. The number of fused-ring (bicyclic) bond motifs is 1. The zero-order valence-corrected chi connectivity index (χ0v) is 23.0. The van der Waals surface area contributed by atoms with Gasteiger partial charge in [-0.15, -0.1) is 0 Å². The van der Waals surface area contributed by atoms with Crippen molar-refractivity contribution in [2.24, 2.45) is 5.92 Å². The van der Waals surface area contributed by atoms with E-state index < -0.39 is 5.82 Å². The van der Waals surface area contributed by atoms with E-state index >= 15 is 0 Å². The number of carbonyl (C=O) groups is 1. The van der Waals surface area contributed by atoms with Crippen molar-refractivity contribution in [3.8, 4) is 16.9 Å². The van der Waals surface area contributed by atoms with Gasteiger partial charge in [0.25, 0.3) is 0 Å². The number of halogens is 1. The Morgan fingerprint density at radius 1 is 1.05 bits per heavy atom. The molecule has 2 fully saturated rings. The first-order valence-corrected chi connectivity index (χ1v) is 14.0. The van der Waals surface area contributed by atoms with E-state index in [9.17, 15) is 9.18 Å². The SMILES string of the molecule is COc1ccc(N2C(=O)CCC[C@H]2c2nc3cc(-c4c(C)noc4C)ccc3n2C2CCC(C)CC2)cc1F. The lowest BCUT2D eigenvalue weighted by molar-refractivity contribution is -0.120. The minimum atomic E-state index is -0.481. The molecule has 1 aliphatic carbocycles. The summed E-state index contributed by atoms with van der Waals surface area (Å²) in [6.07, 6.45) is 6.44. The third-order valence-corrected chi connectivity index (χ3v) is 8.55. The first-order chi connectivity index (χ1) is 18.9. The fourth-order valence-electron chi connectivity index (χ4n) is 6.53. The lowest BCUT2D eigenvalue weighted by Gasteiger charge is -2.37. The molecule has 204 valence electrons. The second-order valence-corrected chi connectivity index (χ2v) is 11.1. The van der Waals surface area contributed by atoms with Crippen LogP contribution >= 0.6 is 0 Å². The molecule has 2 aromatic carbocycles. The van der Waals surface area contributed by atoms with Crippen molar-refractivity contribution >= 4 is 22.6 Å². The number of amides is 1. The van der Waals surface area contributed by atoms with E-state index in [1.165, 1.54) is 13.2 Å². The van der Waals surface area contributed by atoms with Gasteiger partial charge in [-0.3, -0.25) is 4.79 Å². The molecule has 8 heteroatoms. The molecular weight excluding hydrogens is 495 g/mol. The number of carbonyl (C=O) groups excluding carboxylic acids is 1. The second-order valence-electron chi connectivity index (χ2n) is 11.1. The third kappa shape index (κ3) is 4.49. The summed E-state index contributed by atoms with van der Waals surface area (Å²) in [5.41, 5.74) is 5.34. The van der Waals surface area contributed by atoms with Gasteiger partial charge in [0.2, 0.25) is 5.91 Å². The maximum absolute atomic E-state index is 14.8. The molecule has 0 N–H and O–H groups in total. The van der Waals surface area contributed by atoms with Crippen LogP contribution in [0.5, 0.6) is 5.75 Å². The van der Waals surface area contributed by atoms with E-state index in [4.69, 9.17) is 14.2 Å². The van der Waals surface area contributed by atoms with Gasteiger partial charge in [-0.1, -0.05) is 18.1 Å². The predicted molar refractivity (Wildman–Crippen MR) is 148 cm³/mol. The number of ether oxygens (including phenoxy) is 1. The highest BCUT2D eigenvalue weighted by atomic mass is 19.1. The Morgan fingerprint density at radius 3 is 2.54 bits per heavy atom. The quantitative estimate of drug-likeness (QED) is 0.268. The van der Waals surface area contributed by atoms with Crippen molar-refractivity contribution in [2.45, 2.75) is 77.8 Å². The number of piperidine rings is 1. The lowest BCUT2D eigenvalue weighted by atomic mass is 9.87. The van der Waals surface area contributed by atoms with Gasteiger partial charge in [0.1, 0.15) is 11.6 Å². The first kappa shape index (κ1) is 25.6. The molecule has 0 radical (unpaired) electrons. The summed E-state index contributed by atoms with van der Waals surface area (Å²) in [5.74, 6) is 2.04. The Labute approximate surface area is 227 Å². The molecule has 6 rings (SSSR count). The van der Waals surface area contributed by atoms with Crippen molar-refractivity contribution in [2.75, 3.05) is 12.0 Å². The Kier molecular flexibility index (Phi) is 6.65. The number of hydrogen-bond acceptors (Lipinski definition) is 5. The van der Waals surface area contributed by atoms with Gasteiger partial charge in [-0.2, -0.15) is 0 Å². The molecule has 1 aliphatic heterocycles. The van der Waals surface area contributed by atoms with Crippen molar-refractivity contribution in [3.05, 3.63) is 59.5 Å². The van der Waals surface area contributed by atoms with Crippen LogP contribution in [-0.4, -0.2) is 27.7 Å². The van der Waals surface area contributed by atoms with Gasteiger partial charge >= 0.3 is 0 Å². The van der Waals surface area contributed by atoms with Crippen LogP contribution in [0.15, 0.2) is 40.9 Å². The summed E-state index contributed by atoms with van der Waals surface area (Å²) < 4.78 is 27.7. The van der Waals surface area contributed by atoms with Crippen LogP contribution in [0.3, 0.4) is 0 Å². The molecule has 4 aromatic rings. The van der Waals surface area contributed by atoms with Gasteiger partial charge in [-0.05, 0) is 88.1 Å². The molecule has 0 bridgehead atoms. The maximum Gasteiger partial charge on any atom is 0.227 e. The Morgan fingerprint density at radius 2 is 1.85 bits per heavy atom. The standard InChI is InChI=1S/C31H35FN4O3/c1-18-8-11-22(12-9-18)36-26-14-10-21(30-19(2)34-39-20(30)3)16-25(26)33-31(36)27-6-5-7-29(37)35(27)23-13-15-28(38-4)24(32)17-23/h10,13-18,22,27H,5-9,11-12H2,1-4H3/t18?,22?,27-/m0/s1. The van der Waals surface area contributed by atoms with E-state index in [0.29, 0.717) is 24.1 Å². The molecule has 3 heterocycles. The summed E-state index contributed by atoms with van der Waals surface area (Å²) in [7, 11) is 1.44. The number of benzene rings is 2. The summed E-state index contributed by atoms with van der Waals surface area (Å²) in [6, 6.07) is 11.1. The lowest BCUT2D eigenvalue weighted by Crippen LogP contribution is -2.40. The molecule has 39 heavy (non-hydrogen) atoms. The zero-order chi connectivity index (χ0) is 27.3. The van der Waals surface area contributed by atoms with Crippen LogP contribution in [0.4, 0.5) is 10.1 Å². The first-order valence-electron chi connectivity index (χ1n) is 14.0. The van der Waals surface area contributed by atoms with Gasteiger partial charge < -0.3 is 18.7 Å². The maximum atomic E-state index is 14.8. The van der Waals surface area contributed by atoms with Gasteiger partial charge in [0.15, 0.2) is 11.6 Å². The van der Waals surface area contributed by atoms with E-state index in [0.717, 1.165) is 78.0 Å². The highest BCUT2D eigenvalue weighted by molar-refractivity contribution is 5.95. The fraction of sp³-hybridized carbons (Fsp3) is 0.452. The van der Waals surface area contributed by atoms with Crippen molar-refractivity contribution < 1.29 is 18.4 Å². The molecule has 0 spiro atoms. The van der Waals surface area contributed by atoms with E-state index in [1.807, 2.05) is 13.8 Å². The number of rotatable bonds is 5. The average molecular weight is 531 g/mol. The highest BCUT2D eigenvalue weighted by Crippen LogP contribution is 2.42. The number of methoxy groups -OCH3 is 1. The smallest absolute Gasteiger partial charge is 0.227 e. The second kappa shape index (κ2) is 10.1. The normalized spacial score (nSPS) is 22.0. The Hall–Kier alpha value is -3.68. The van der Waals surface area contributed by atoms with Crippen LogP contribution in [-0.2, 0) is 4.79 Å². The van der Waals surface area contributed by atoms with E-state index in [1.54, 1.807) is 17.0 Å². The average Bonchev–Trinajstić information content (AvgIpc) is 3.47. The number of hydrogen-bond donors (Lipinski definition) is 0. The molecular formula is C31H35FN4O3. The van der Waals surface area contributed by atoms with Crippen LogP contribution in [0, 0.1) is 25.6 Å². The largest absolute Gasteiger partial charge is 0.494 e. The summed E-state index contributed by atoms with van der Waals surface area (Å²) in [6.45, 7) is 6.19. The highest BCUT2D eigenvalue weighted by Gasteiger charge is 2.36. The topological polar surface area (TPSA) is 73.4 Å².